The first-order chi connectivity index (χ1) is 6.31. The van der Waals surface area contributed by atoms with Gasteiger partial charge < -0.3 is 19.3 Å². The van der Waals surface area contributed by atoms with Gasteiger partial charge in [0.1, 0.15) is 0 Å². The summed E-state index contributed by atoms with van der Waals surface area (Å²) in [6.45, 7) is 4.67. The van der Waals surface area contributed by atoms with Crippen LogP contribution in [0.25, 0.3) is 0 Å². The number of aliphatic hydroxyl groups excluding tert-OH is 1. The monoisotopic (exact) mass is 192 g/mol. The molecule has 13 heavy (non-hydrogen) atoms. The van der Waals surface area contributed by atoms with Gasteiger partial charge in [0.05, 0.1) is 25.9 Å². The predicted octanol–water partition coefficient (Wildman–Crippen LogP) is 0.437. The van der Waals surface area contributed by atoms with Gasteiger partial charge in [-0.05, 0) is 13.3 Å². The Bertz CT molecular complexity index is 97.6. The van der Waals surface area contributed by atoms with Crippen molar-refractivity contribution in [1.29, 1.82) is 0 Å². The van der Waals surface area contributed by atoms with E-state index in [1.54, 1.807) is 7.11 Å². The second-order valence-electron chi connectivity index (χ2n) is 2.71. The number of methoxy groups -OCH3 is 1. The molecule has 0 aromatic rings. The summed E-state index contributed by atoms with van der Waals surface area (Å²) in [5.74, 6) is 0. The molecular weight excluding hydrogens is 172 g/mol. The molecule has 0 bridgehead atoms. The van der Waals surface area contributed by atoms with Crippen molar-refractivity contribution in [2.24, 2.45) is 0 Å². The Morgan fingerprint density at radius 1 is 1.15 bits per heavy atom. The van der Waals surface area contributed by atoms with E-state index < -0.39 is 6.10 Å². The standard InChI is InChI=1S/C9H20O4/c1-3-12-8-9(10)4-5-13-7-6-11-2/h9-10H,3-8H2,1-2H3. The largest absolute Gasteiger partial charge is 0.391 e. The fourth-order valence-corrected chi connectivity index (χ4v) is 0.801. The molecule has 0 rings (SSSR count). The first-order valence-corrected chi connectivity index (χ1v) is 4.63. The molecule has 1 N–H and O–H groups in total. The Morgan fingerprint density at radius 2 is 1.92 bits per heavy atom. The molecule has 4 nitrogen and oxygen atoms in total. The molecule has 0 aliphatic carbocycles. The minimum Gasteiger partial charge on any atom is -0.391 e. The van der Waals surface area contributed by atoms with Gasteiger partial charge in [-0.15, -0.1) is 0 Å². The lowest BCUT2D eigenvalue weighted by atomic mass is 10.3. The van der Waals surface area contributed by atoms with E-state index in [0.29, 0.717) is 39.5 Å². The van der Waals surface area contributed by atoms with Gasteiger partial charge >= 0.3 is 0 Å². The molecule has 0 saturated carbocycles. The van der Waals surface area contributed by atoms with Crippen molar-refractivity contribution in [2.75, 3.05) is 40.1 Å². The molecule has 0 spiro atoms. The third kappa shape index (κ3) is 9.76. The van der Waals surface area contributed by atoms with Crippen LogP contribution in [-0.4, -0.2) is 51.4 Å². The van der Waals surface area contributed by atoms with E-state index in [0.717, 1.165) is 0 Å². The van der Waals surface area contributed by atoms with Gasteiger partial charge in [0, 0.05) is 20.3 Å². The zero-order valence-electron chi connectivity index (χ0n) is 8.49. The van der Waals surface area contributed by atoms with E-state index in [4.69, 9.17) is 14.2 Å². The third-order valence-electron chi connectivity index (χ3n) is 1.54. The summed E-state index contributed by atoms with van der Waals surface area (Å²) in [6.07, 6.45) is 0.200. The Hall–Kier alpha value is -0.160. The van der Waals surface area contributed by atoms with Crippen LogP contribution < -0.4 is 0 Å². The van der Waals surface area contributed by atoms with E-state index in [-0.39, 0.29) is 0 Å². The first-order valence-electron chi connectivity index (χ1n) is 4.63. The van der Waals surface area contributed by atoms with Crippen LogP contribution in [0.2, 0.25) is 0 Å². The van der Waals surface area contributed by atoms with Crippen molar-refractivity contribution >= 4 is 0 Å². The fourth-order valence-electron chi connectivity index (χ4n) is 0.801. The molecule has 0 aromatic carbocycles. The van der Waals surface area contributed by atoms with Crippen LogP contribution in [0, 0.1) is 0 Å². The molecule has 80 valence electrons. The molecule has 0 aliphatic heterocycles. The molecule has 0 saturated heterocycles. The molecule has 0 fully saturated rings. The minimum atomic E-state index is -0.414. The molecular formula is C9H20O4. The highest BCUT2D eigenvalue weighted by Gasteiger charge is 2.02. The SMILES string of the molecule is CCOCC(O)CCOCCOC. The average molecular weight is 192 g/mol. The van der Waals surface area contributed by atoms with Crippen LogP contribution in [0.3, 0.4) is 0 Å². The van der Waals surface area contributed by atoms with Crippen LogP contribution in [-0.2, 0) is 14.2 Å². The lowest BCUT2D eigenvalue weighted by molar-refractivity contribution is 0.00942. The summed E-state index contributed by atoms with van der Waals surface area (Å²) in [4.78, 5) is 0. The molecule has 1 atom stereocenters. The Morgan fingerprint density at radius 3 is 2.54 bits per heavy atom. The van der Waals surface area contributed by atoms with Crippen LogP contribution in [0.15, 0.2) is 0 Å². The zero-order valence-corrected chi connectivity index (χ0v) is 8.49. The zero-order chi connectivity index (χ0) is 9.94. The Kier molecular flexibility index (Phi) is 9.80. The predicted molar refractivity (Wildman–Crippen MR) is 49.8 cm³/mol. The summed E-state index contributed by atoms with van der Waals surface area (Å²) >= 11 is 0. The third-order valence-corrected chi connectivity index (χ3v) is 1.54. The normalized spacial score (nSPS) is 13.2. The number of aliphatic hydroxyl groups is 1. The smallest absolute Gasteiger partial charge is 0.0795 e. The van der Waals surface area contributed by atoms with Gasteiger partial charge in [-0.1, -0.05) is 0 Å². The van der Waals surface area contributed by atoms with Crippen LogP contribution in [0.5, 0.6) is 0 Å². The van der Waals surface area contributed by atoms with E-state index in [9.17, 15) is 5.11 Å². The van der Waals surface area contributed by atoms with Crippen molar-refractivity contribution in [2.45, 2.75) is 19.4 Å². The van der Waals surface area contributed by atoms with Crippen LogP contribution >= 0.6 is 0 Å². The number of hydrogen-bond acceptors (Lipinski definition) is 4. The molecule has 0 aromatic heterocycles. The van der Waals surface area contributed by atoms with Crippen molar-refractivity contribution in [3.05, 3.63) is 0 Å². The van der Waals surface area contributed by atoms with Crippen LogP contribution in [0.4, 0.5) is 0 Å². The van der Waals surface area contributed by atoms with Gasteiger partial charge in [-0.2, -0.15) is 0 Å². The van der Waals surface area contributed by atoms with Gasteiger partial charge in [0.2, 0.25) is 0 Å². The highest BCUT2D eigenvalue weighted by atomic mass is 16.5. The first kappa shape index (κ1) is 12.8. The number of ether oxygens (including phenoxy) is 3. The summed E-state index contributed by atoms with van der Waals surface area (Å²) in [5.41, 5.74) is 0. The topological polar surface area (TPSA) is 47.9 Å². The number of hydrogen-bond donors (Lipinski definition) is 1. The van der Waals surface area contributed by atoms with Gasteiger partial charge in [-0.3, -0.25) is 0 Å². The summed E-state index contributed by atoms with van der Waals surface area (Å²) < 4.78 is 15.0. The maximum absolute atomic E-state index is 9.30. The van der Waals surface area contributed by atoms with Crippen molar-refractivity contribution < 1.29 is 19.3 Å². The molecule has 4 heteroatoms. The molecule has 0 heterocycles. The molecule has 0 amide bonds. The second-order valence-corrected chi connectivity index (χ2v) is 2.71. The van der Waals surface area contributed by atoms with E-state index in [1.807, 2.05) is 6.92 Å². The van der Waals surface area contributed by atoms with Crippen molar-refractivity contribution in [3.63, 3.8) is 0 Å². The average Bonchev–Trinajstić information content (AvgIpc) is 2.14. The summed E-state index contributed by atoms with van der Waals surface area (Å²) in [7, 11) is 1.63. The Labute approximate surface area is 79.8 Å². The van der Waals surface area contributed by atoms with Gasteiger partial charge in [-0.25, -0.2) is 0 Å². The minimum absolute atomic E-state index is 0.393. The van der Waals surface area contributed by atoms with Crippen molar-refractivity contribution in [3.8, 4) is 0 Å². The number of rotatable bonds is 9. The Balaban J connectivity index is 3.03. The quantitative estimate of drug-likeness (QED) is 0.538. The highest BCUT2D eigenvalue weighted by Crippen LogP contribution is 1.93. The molecule has 0 radical (unpaired) electrons. The lowest BCUT2D eigenvalue weighted by Crippen LogP contribution is -2.18. The summed E-state index contributed by atoms with van der Waals surface area (Å²) in [5, 5.41) is 9.30. The maximum atomic E-state index is 9.30. The van der Waals surface area contributed by atoms with E-state index in [2.05, 4.69) is 0 Å². The van der Waals surface area contributed by atoms with E-state index >= 15 is 0 Å². The highest BCUT2D eigenvalue weighted by molar-refractivity contribution is 4.52. The van der Waals surface area contributed by atoms with E-state index in [1.165, 1.54) is 0 Å². The lowest BCUT2D eigenvalue weighted by Gasteiger charge is -2.10. The fraction of sp³-hybridized carbons (Fsp3) is 1.00. The molecule has 0 aliphatic rings. The van der Waals surface area contributed by atoms with Crippen LogP contribution in [0.1, 0.15) is 13.3 Å². The van der Waals surface area contributed by atoms with Gasteiger partial charge in [0.15, 0.2) is 0 Å². The molecule has 1 unspecified atom stereocenters. The maximum Gasteiger partial charge on any atom is 0.0795 e. The summed E-state index contributed by atoms with van der Waals surface area (Å²) in [6, 6.07) is 0. The second kappa shape index (κ2) is 9.92. The van der Waals surface area contributed by atoms with Crippen molar-refractivity contribution in [1.82, 2.24) is 0 Å². The van der Waals surface area contributed by atoms with Gasteiger partial charge in [0.25, 0.3) is 0 Å².